The van der Waals surface area contributed by atoms with E-state index in [4.69, 9.17) is 23.2 Å². The second kappa shape index (κ2) is 5.96. The second-order valence-corrected chi connectivity index (χ2v) is 9.58. The van der Waals surface area contributed by atoms with E-state index in [1.807, 2.05) is 0 Å². The highest BCUT2D eigenvalue weighted by atomic mass is 35.5. The van der Waals surface area contributed by atoms with Gasteiger partial charge in [0, 0.05) is 13.5 Å². The Hall–Kier alpha value is -1.07. The zero-order valence-electron chi connectivity index (χ0n) is 14.3. The van der Waals surface area contributed by atoms with Gasteiger partial charge in [-0.15, -0.1) is 25.3 Å². The first-order valence-electron chi connectivity index (χ1n) is 7.83. The minimum Gasteiger partial charge on any atom is -0.320 e. The molecular formula is C17H17Cl2N3O2S2. The summed E-state index contributed by atoms with van der Waals surface area (Å²) in [7, 11) is 1.51. The summed E-state index contributed by atoms with van der Waals surface area (Å²) in [5.41, 5.74) is -0.423. The van der Waals surface area contributed by atoms with Gasteiger partial charge in [-0.1, -0.05) is 29.3 Å². The highest BCUT2D eigenvalue weighted by Gasteiger charge is 2.68. The van der Waals surface area contributed by atoms with Crippen molar-refractivity contribution in [3.63, 3.8) is 0 Å². The van der Waals surface area contributed by atoms with E-state index in [9.17, 15) is 14.9 Å². The molecule has 2 unspecified atom stereocenters. The molecule has 0 N–H and O–H groups in total. The maximum absolute atomic E-state index is 13.3. The number of hydrogen-bond acceptors (Lipinski definition) is 5. The minimum atomic E-state index is -1.44. The first-order chi connectivity index (χ1) is 11.9. The Bertz CT molecular complexity index is 872. The Morgan fingerprint density at radius 2 is 1.81 bits per heavy atom. The summed E-state index contributed by atoms with van der Waals surface area (Å²) in [6.45, 7) is 3.27. The van der Waals surface area contributed by atoms with Crippen LogP contribution in [0.1, 0.15) is 31.9 Å². The number of carbonyl (C=O) groups excluding carboxylic acids is 2. The van der Waals surface area contributed by atoms with E-state index in [2.05, 4.69) is 31.3 Å². The number of hydrogen-bond donors (Lipinski definition) is 2. The van der Waals surface area contributed by atoms with Crippen LogP contribution in [0.15, 0.2) is 18.2 Å². The average Bonchev–Trinajstić information content (AvgIpc) is 2.83. The van der Waals surface area contributed by atoms with Gasteiger partial charge in [-0.25, -0.2) is 0 Å². The number of nitriles is 1. The van der Waals surface area contributed by atoms with Crippen molar-refractivity contribution in [2.24, 2.45) is 5.41 Å². The zero-order chi connectivity index (χ0) is 19.7. The quantitative estimate of drug-likeness (QED) is 0.670. The lowest BCUT2D eigenvalue weighted by atomic mass is 9.79. The molecule has 138 valence electrons. The molecule has 0 bridgehead atoms. The summed E-state index contributed by atoms with van der Waals surface area (Å²) < 4.78 is 0. The lowest BCUT2D eigenvalue weighted by molar-refractivity contribution is -0.163. The molecule has 2 amide bonds. The number of halogens is 2. The van der Waals surface area contributed by atoms with Crippen LogP contribution < -0.4 is 0 Å². The van der Waals surface area contributed by atoms with Gasteiger partial charge >= 0.3 is 0 Å². The number of nitrogens with zero attached hydrogens (tertiary/aromatic N) is 3. The van der Waals surface area contributed by atoms with Crippen LogP contribution in [0.5, 0.6) is 0 Å². The molecule has 2 heterocycles. The lowest BCUT2D eigenvalue weighted by Crippen LogP contribution is -2.69. The van der Waals surface area contributed by atoms with E-state index in [1.54, 1.807) is 32.0 Å². The van der Waals surface area contributed by atoms with E-state index >= 15 is 0 Å². The molecule has 26 heavy (non-hydrogen) atoms. The highest BCUT2D eigenvalue weighted by molar-refractivity contribution is 7.83. The molecule has 3 rings (SSSR count). The van der Waals surface area contributed by atoms with Gasteiger partial charge in [-0.05, 0) is 31.5 Å². The molecule has 1 aromatic rings. The van der Waals surface area contributed by atoms with E-state index < -0.39 is 27.1 Å². The molecule has 9 heteroatoms. The molecule has 0 radical (unpaired) electrons. The average molecular weight is 430 g/mol. The van der Waals surface area contributed by atoms with E-state index in [1.165, 1.54) is 16.8 Å². The first kappa shape index (κ1) is 19.7. The van der Waals surface area contributed by atoms with Gasteiger partial charge in [0.1, 0.15) is 0 Å². The summed E-state index contributed by atoms with van der Waals surface area (Å²) >= 11 is 21.2. The molecule has 0 aromatic heterocycles. The number of thiol groups is 2. The highest BCUT2D eigenvalue weighted by Crippen LogP contribution is 2.59. The van der Waals surface area contributed by atoms with Gasteiger partial charge < -0.3 is 9.80 Å². The number of piperazine rings is 1. The molecule has 1 aromatic carbocycles. The fourth-order valence-corrected chi connectivity index (χ4v) is 4.98. The van der Waals surface area contributed by atoms with Gasteiger partial charge in [0.25, 0.3) is 11.8 Å². The molecule has 0 spiro atoms. The van der Waals surface area contributed by atoms with E-state index in [0.29, 0.717) is 15.6 Å². The third-order valence-corrected chi connectivity index (χ3v) is 7.11. The molecule has 4 atom stereocenters. The standard InChI is InChI=1S/C17H17Cl2N3O2S2/c1-15(8-20)7-17(26)14(24)21(3)16(2,25)13(23)22(17)12(15)9-4-5-10(18)11(19)6-9/h4-6,12,25-26H,7H2,1-3H3/t12?,15-,16?,17-/m1/s1. The molecular weight excluding hydrogens is 413 g/mol. The number of amides is 2. The fourth-order valence-electron chi connectivity index (χ4n) is 3.79. The van der Waals surface area contributed by atoms with Crippen LogP contribution in [0.25, 0.3) is 0 Å². The zero-order valence-corrected chi connectivity index (χ0v) is 17.6. The van der Waals surface area contributed by atoms with Crippen LogP contribution in [-0.4, -0.2) is 38.4 Å². The molecule has 2 fully saturated rings. The SMILES string of the molecule is CN1C(=O)[C@]2(S)C[C@](C)(C#N)C(c3ccc(Cl)c(Cl)c3)N2C(=O)C1(C)S. The largest absolute Gasteiger partial charge is 0.320 e. The van der Waals surface area contributed by atoms with Crippen molar-refractivity contribution in [1.29, 1.82) is 5.26 Å². The van der Waals surface area contributed by atoms with Crippen molar-refractivity contribution >= 4 is 60.3 Å². The number of fused-ring (bicyclic) bond motifs is 1. The Morgan fingerprint density at radius 3 is 2.35 bits per heavy atom. The Balaban J connectivity index is 2.25. The second-order valence-electron chi connectivity index (χ2n) is 7.16. The van der Waals surface area contributed by atoms with E-state index in [0.717, 1.165) is 0 Å². The Kier molecular flexibility index (Phi) is 4.52. The first-order valence-corrected chi connectivity index (χ1v) is 9.48. The molecule has 2 aliphatic heterocycles. The summed E-state index contributed by atoms with van der Waals surface area (Å²) in [6.07, 6.45) is 0.0866. The summed E-state index contributed by atoms with van der Waals surface area (Å²) in [4.78, 5) is 26.2. The van der Waals surface area contributed by atoms with Crippen LogP contribution in [0, 0.1) is 16.7 Å². The molecule has 0 aliphatic carbocycles. The Morgan fingerprint density at radius 1 is 1.19 bits per heavy atom. The normalized spacial score (nSPS) is 36.9. The predicted octanol–water partition coefficient (Wildman–Crippen LogP) is 3.54. The predicted molar refractivity (Wildman–Crippen MR) is 106 cm³/mol. The maximum Gasteiger partial charge on any atom is 0.260 e. The molecule has 5 nitrogen and oxygen atoms in total. The van der Waals surface area contributed by atoms with Gasteiger partial charge in [0.05, 0.1) is 27.6 Å². The summed E-state index contributed by atoms with van der Waals surface area (Å²) in [6, 6.07) is 6.50. The van der Waals surface area contributed by atoms with Crippen LogP contribution in [0.3, 0.4) is 0 Å². The van der Waals surface area contributed by atoms with Crippen LogP contribution in [0.2, 0.25) is 10.0 Å². The van der Waals surface area contributed by atoms with Gasteiger partial charge in [0.15, 0.2) is 9.74 Å². The van der Waals surface area contributed by atoms with Gasteiger partial charge in [-0.2, -0.15) is 5.26 Å². The third kappa shape index (κ3) is 2.46. The Labute approximate surface area is 173 Å². The van der Waals surface area contributed by atoms with Crippen molar-refractivity contribution in [2.45, 2.75) is 36.1 Å². The molecule has 2 saturated heterocycles. The minimum absolute atomic E-state index is 0.0866. The van der Waals surface area contributed by atoms with E-state index in [-0.39, 0.29) is 12.3 Å². The smallest absolute Gasteiger partial charge is 0.260 e. The van der Waals surface area contributed by atoms with Gasteiger partial charge in [-0.3, -0.25) is 9.59 Å². The topological polar surface area (TPSA) is 64.4 Å². The number of carbonyl (C=O) groups is 2. The van der Waals surface area contributed by atoms with Crippen LogP contribution >= 0.6 is 48.5 Å². The van der Waals surface area contributed by atoms with Crippen LogP contribution in [-0.2, 0) is 9.59 Å². The molecule has 0 saturated carbocycles. The van der Waals surface area contributed by atoms with Gasteiger partial charge in [0.2, 0.25) is 0 Å². The lowest BCUT2D eigenvalue weighted by Gasteiger charge is -2.50. The fraction of sp³-hybridized carbons (Fsp3) is 0.471. The van der Waals surface area contributed by atoms with Crippen molar-refractivity contribution in [1.82, 2.24) is 9.80 Å². The number of benzene rings is 1. The van der Waals surface area contributed by atoms with Crippen molar-refractivity contribution in [3.8, 4) is 6.07 Å². The van der Waals surface area contributed by atoms with Crippen molar-refractivity contribution in [2.75, 3.05) is 7.05 Å². The van der Waals surface area contributed by atoms with Crippen molar-refractivity contribution < 1.29 is 9.59 Å². The monoisotopic (exact) mass is 429 g/mol. The summed E-state index contributed by atoms with van der Waals surface area (Å²) in [5.74, 6) is -0.769. The maximum atomic E-state index is 13.3. The van der Waals surface area contributed by atoms with Crippen molar-refractivity contribution in [3.05, 3.63) is 33.8 Å². The van der Waals surface area contributed by atoms with Crippen LogP contribution in [0.4, 0.5) is 0 Å². The number of likely N-dealkylation sites (N-methyl/N-ethyl adjacent to an activating group) is 1. The molecule has 2 aliphatic rings. The third-order valence-electron chi connectivity index (χ3n) is 5.31. The summed E-state index contributed by atoms with van der Waals surface area (Å²) in [5, 5.41) is 10.6. The number of rotatable bonds is 1.